The maximum Gasteiger partial charge on any atom is 0.407 e. The number of hydrogen-bond acceptors (Lipinski definition) is 6. The minimum absolute atomic E-state index is 0.00743. The third kappa shape index (κ3) is 3.76. The third-order valence-corrected chi connectivity index (χ3v) is 6.37. The molecule has 2 amide bonds. The van der Waals surface area contributed by atoms with E-state index in [0.717, 1.165) is 22.3 Å². The number of alkyl carbamates (subject to hydrolysis) is 1. The van der Waals surface area contributed by atoms with E-state index in [1.54, 1.807) is 4.57 Å². The van der Waals surface area contributed by atoms with Crippen molar-refractivity contribution in [1.82, 2.24) is 25.0 Å². The van der Waals surface area contributed by atoms with Gasteiger partial charge in [-0.2, -0.15) is 0 Å². The van der Waals surface area contributed by atoms with Gasteiger partial charge in [-0.15, -0.1) is 10.2 Å². The molecule has 2 atom stereocenters. The second-order valence-electron chi connectivity index (χ2n) is 8.41. The second kappa shape index (κ2) is 8.62. The van der Waals surface area contributed by atoms with Crippen molar-refractivity contribution < 1.29 is 24.2 Å². The number of carbonyl (C=O) groups is 3. The number of benzene rings is 2. The topological polar surface area (TPSA) is 127 Å². The number of amides is 2. The van der Waals surface area contributed by atoms with Crippen LogP contribution in [0.1, 0.15) is 29.8 Å². The van der Waals surface area contributed by atoms with Gasteiger partial charge in [-0.1, -0.05) is 48.5 Å². The van der Waals surface area contributed by atoms with Crippen LogP contribution in [0.15, 0.2) is 54.9 Å². The smallest absolute Gasteiger partial charge is 0.407 e. The molecule has 2 N–H and O–H groups in total. The van der Waals surface area contributed by atoms with E-state index in [-0.39, 0.29) is 25.6 Å². The van der Waals surface area contributed by atoms with Crippen molar-refractivity contribution in [1.29, 1.82) is 0 Å². The highest BCUT2D eigenvalue weighted by molar-refractivity contribution is 5.89. The van der Waals surface area contributed by atoms with E-state index >= 15 is 0 Å². The average Bonchev–Trinajstić information content (AvgIpc) is 3.43. The summed E-state index contributed by atoms with van der Waals surface area (Å²) in [6.07, 6.45) is 0.695. The molecule has 2 aliphatic rings. The quantitative estimate of drug-likeness (QED) is 0.595. The molecule has 174 valence electrons. The van der Waals surface area contributed by atoms with Crippen LogP contribution >= 0.6 is 0 Å². The molecule has 10 nitrogen and oxygen atoms in total. The number of fused-ring (bicyclic) bond motifs is 4. The number of nitrogens with zero attached hydrogens (tertiary/aromatic N) is 4. The zero-order chi connectivity index (χ0) is 23.8. The van der Waals surface area contributed by atoms with Crippen LogP contribution < -0.4 is 5.32 Å². The summed E-state index contributed by atoms with van der Waals surface area (Å²) in [6.45, 7) is 1.65. The van der Waals surface area contributed by atoms with Crippen molar-refractivity contribution in [3.63, 3.8) is 0 Å². The summed E-state index contributed by atoms with van der Waals surface area (Å²) in [5.41, 5.74) is 4.41. The molecule has 0 fully saturated rings. The molecule has 0 radical (unpaired) electrons. The van der Waals surface area contributed by atoms with E-state index in [4.69, 9.17) is 4.74 Å². The van der Waals surface area contributed by atoms with Gasteiger partial charge < -0.3 is 24.6 Å². The minimum Gasteiger partial charge on any atom is -0.480 e. The molecule has 2 aromatic carbocycles. The molecular formula is C24H23N5O5. The Labute approximate surface area is 195 Å². The zero-order valence-corrected chi connectivity index (χ0v) is 18.4. The van der Waals surface area contributed by atoms with Gasteiger partial charge in [-0.05, 0) is 29.2 Å². The van der Waals surface area contributed by atoms with Crippen LogP contribution in [0.25, 0.3) is 11.1 Å². The van der Waals surface area contributed by atoms with Crippen molar-refractivity contribution in [2.45, 2.75) is 38.0 Å². The highest BCUT2D eigenvalue weighted by atomic mass is 16.5. The molecule has 34 heavy (non-hydrogen) atoms. The summed E-state index contributed by atoms with van der Waals surface area (Å²) in [6, 6.07) is 13.9. The zero-order valence-electron chi connectivity index (χ0n) is 18.4. The molecule has 2 heterocycles. The van der Waals surface area contributed by atoms with Crippen LogP contribution in [-0.2, 0) is 27.4 Å². The van der Waals surface area contributed by atoms with E-state index in [1.807, 2.05) is 48.5 Å². The molecule has 10 heteroatoms. The highest BCUT2D eigenvalue weighted by Gasteiger charge is 2.38. The van der Waals surface area contributed by atoms with Gasteiger partial charge in [-0.3, -0.25) is 4.79 Å². The fourth-order valence-corrected chi connectivity index (χ4v) is 4.67. The Morgan fingerprint density at radius 3 is 2.41 bits per heavy atom. The molecule has 0 bridgehead atoms. The number of hydrogen-bond donors (Lipinski definition) is 2. The predicted molar refractivity (Wildman–Crippen MR) is 120 cm³/mol. The molecular weight excluding hydrogens is 438 g/mol. The first kappa shape index (κ1) is 21.6. The predicted octanol–water partition coefficient (Wildman–Crippen LogP) is 2.00. The first-order chi connectivity index (χ1) is 16.4. The lowest BCUT2D eigenvalue weighted by Gasteiger charge is -2.34. The lowest BCUT2D eigenvalue weighted by atomic mass is 9.98. The molecule has 0 saturated carbocycles. The number of nitrogens with one attached hydrogen (secondary N) is 1. The van der Waals surface area contributed by atoms with Gasteiger partial charge in [0, 0.05) is 5.92 Å². The van der Waals surface area contributed by atoms with E-state index < -0.39 is 30.1 Å². The van der Waals surface area contributed by atoms with E-state index in [1.165, 1.54) is 18.2 Å². The second-order valence-corrected chi connectivity index (χ2v) is 8.41. The van der Waals surface area contributed by atoms with Gasteiger partial charge >= 0.3 is 12.1 Å². The fourth-order valence-electron chi connectivity index (χ4n) is 4.67. The van der Waals surface area contributed by atoms with Gasteiger partial charge in [0.05, 0.1) is 13.1 Å². The number of carboxylic acids is 1. The molecule has 1 unspecified atom stereocenters. The molecule has 1 aliphatic carbocycles. The Balaban J connectivity index is 1.24. The first-order valence-electron chi connectivity index (χ1n) is 11.0. The third-order valence-electron chi connectivity index (χ3n) is 6.37. The summed E-state index contributed by atoms with van der Waals surface area (Å²) < 4.78 is 7.11. The Morgan fingerprint density at radius 1 is 1.12 bits per heavy atom. The number of carboxylic acid groups (broad SMARTS) is 1. The monoisotopic (exact) mass is 461 g/mol. The Kier molecular flexibility index (Phi) is 5.48. The van der Waals surface area contributed by atoms with Crippen LogP contribution in [-0.4, -0.2) is 61.4 Å². The van der Waals surface area contributed by atoms with E-state index in [2.05, 4.69) is 15.5 Å². The summed E-state index contributed by atoms with van der Waals surface area (Å²) in [7, 11) is 0. The van der Waals surface area contributed by atoms with Gasteiger partial charge in [0.2, 0.25) is 5.91 Å². The van der Waals surface area contributed by atoms with Crippen LogP contribution in [0.2, 0.25) is 0 Å². The lowest BCUT2D eigenvalue weighted by Crippen LogP contribution is -2.56. The first-order valence-corrected chi connectivity index (χ1v) is 11.0. The summed E-state index contributed by atoms with van der Waals surface area (Å²) in [5.74, 6) is -1.29. The van der Waals surface area contributed by atoms with Crippen LogP contribution in [0, 0.1) is 0 Å². The van der Waals surface area contributed by atoms with Crippen LogP contribution in [0.4, 0.5) is 4.79 Å². The molecule has 5 rings (SSSR count). The number of rotatable bonds is 5. The maximum atomic E-state index is 13.0. The van der Waals surface area contributed by atoms with Gasteiger partial charge in [-0.25, -0.2) is 9.59 Å². The number of aliphatic carboxylic acids is 1. The molecule has 3 aromatic rings. The summed E-state index contributed by atoms with van der Waals surface area (Å²) >= 11 is 0. The molecule has 0 spiro atoms. The fraction of sp³-hybridized carbons (Fsp3) is 0.292. The Hall–Kier alpha value is -4.21. The summed E-state index contributed by atoms with van der Waals surface area (Å²) in [5, 5.41) is 19.8. The summed E-state index contributed by atoms with van der Waals surface area (Å²) in [4.78, 5) is 38.5. The minimum atomic E-state index is -1.14. The molecule has 0 saturated heterocycles. The van der Waals surface area contributed by atoms with E-state index in [0.29, 0.717) is 5.82 Å². The number of ether oxygens (including phenoxy) is 1. The van der Waals surface area contributed by atoms with Gasteiger partial charge in [0.15, 0.2) is 5.82 Å². The van der Waals surface area contributed by atoms with Gasteiger partial charge in [0.25, 0.3) is 0 Å². The standard InChI is InChI=1S/C24H23N5O5/c1-14(22(30)29-11-21-27-25-13-28(21)10-20(29)23(31)32)26-24(33)34-12-19-17-8-4-2-6-15(17)16-7-3-5-9-18(16)19/h2-9,13-14,19-20H,10-12H2,1H3,(H,26,33)(H,31,32)/t14-,20?/m1/s1. The van der Waals surface area contributed by atoms with Crippen molar-refractivity contribution in [3.05, 3.63) is 71.8 Å². The number of aromatic nitrogens is 3. The van der Waals surface area contributed by atoms with E-state index in [9.17, 15) is 19.5 Å². The Bertz CT molecular complexity index is 1230. The highest BCUT2D eigenvalue weighted by Crippen LogP contribution is 2.44. The van der Waals surface area contributed by atoms with Crippen molar-refractivity contribution in [3.8, 4) is 11.1 Å². The molecule has 1 aliphatic heterocycles. The van der Waals surface area contributed by atoms with Crippen molar-refractivity contribution in [2.75, 3.05) is 6.61 Å². The van der Waals surface area contributed by atoms with Crippen LogP contribution in [0.3, 0.4) is 0 Å². The maximum absolute atomic E-state index is 13.0. The van der Waals surface area contributed by atoms with Crippen molar-refractivity contribution >= 4 is 18.0 Å². The average molecular weight is 461 g/mol. The van der Waals surface area contributed by atoms with Crippen molar-refractivity contribution in [2.24, 2.45) is 0 Å². The Morgan fingerprint density at radius 2 is 1.76 bits per heavy atom. The lowest BCUT2D eigenvalue weighted by molar-refractivity contribution is -0.153. The largest absolute Gasteiger partial charge is 0.480 e. The SMILES string of the molecule is C[C@@H](NC(=O)OCC1c2ccccc2-c2ccccc21)C(=O)N1Cc2nncn2CC1C(=O)O. The van der Waals surface area contributed by atoms with Crippen LogP contribution in [0.5, 0.6) is 0 Å². The van der Waals surface area contributed by atoms with Gasteiger partial charge in [0.1, 0.15) is 25.0 Å². The molecule has 1 aromatic heterocycles. The normalized spacial score (nSPS) is 17.3. The number of carbonyl (C=O) groups excluding carboxylic acids is 2.